The first-order chi connectivity index (χ1) is 23.8. The van der Waals surface area contributed by atoms with Crippen molar-refractivity contribution in [3.05, 3.63) is 202 Å². The van der Waals surface area contributed by atoms with Gasteiger partial charge in [0.05, 0.1) is 22.8 Å². The Hall–Kier alpha value is -4.45. The molecule has 9 rings (SSSR count). The summed E-state index contributed by atoms with van der Waals surface area (Å²) in [5.41, 5.74) is 13.2. The number of hydrogen-bond donors (Lipinski definition) is 2. The standard InChI is InChI=1S/C44H34N4.3ClH.Fe/c1-5-13-29(14-6-1)41-33-21-23-35(45-33)42(30-15-7-2-8-16-30)37-25-27-39(47-37)44(32-19-11-4-12-20-32)40-28-26-38(48-40)43(31-17-9-3-10-18-31)36-24-22-34(41)46-36;;;;/h1-25,27,38,40,45,48H,26,28H2;3*1H;/q;;;;+3/p-3/b41-33-,42-35-,43-36-,44-39-;;;;. The SMILES string of the molecule is C1=C/C2=C(\c3ccccc3)C3CCC(N3)/C(c3ccccc3)=C3/C=CC(=N3)/C(c3ccccc3)=c3/cc/c([nH]3)=C(\c3ccccc3)C1=N2.[Cl-].[Cl-].[Cl-].[Fe+3]. The van der Waals surface area contributed by atoms with Crippen LogP contribution in [-0.2, 0) is 17.1 Å². The summed E-state index contributed by atoms with van der Waals surface area (Å²) in [6, 6.07) is 47.3. The second kappa shape index (κ2) is 16.9. The van der Waals surface area contributed by atoms with E-state index in [4.69, 9.17) is 9.98 Å². The Labute approximate surface area is 333 Å². The molecule has 52 heavy (non-hydrogen) atoms. The van der Waals surface area contributed by atoms with Crippen LogP contribution in [0.25, 0.3) is 22.3 Å². The van der Waals surface area contributed by atoms with Crippen LogP contribution < -0.4 is 53.2 Å². The number of aliphatic imine (C=N–C) groups is 2. The minimum Gasteiger partial charge on any atom is -1.00 e. The predicted molar refractivity (Wildman–Crippen MR) is 198 cm³/mol. The topological polar surface area (TPSA) is 52.5 Å². The summed E-state index contributed by atoms with van der Waals surface area (Å²) in [5, 5.41) is 6.12. The fourth-order valence-electron chi connectivity index (χ4n) is 7.57. The summed E-state index contributed by atoms with van der Waals surface area (Å²) in [5.74, 6) is 0. The van der Waals surface area contributed by atoms with Crippen LogP contribution in [0.1, 0.15) is 35.1 Å². The number of aromatic amines is 1. The minimum atomic E-state index is 0. The molecule has 2 unspecified atom stereocenters. The molecule has 0 aliphatic carbocycles. The van der Waals surface area contributed by atoms with Gasteiger partial charge in [-0.05, 0) is 71.5 Å². The summed E-state index contributed by atoms with van der Waals surface area (Å²) in [6.07, 6.45) is 10.8. The van der Waals surface area contributed by atoms with Crippen molar-refractivity contribution in [1.82, 2.24) is 10.3 Å². The number of benzene rings is 4. The second-order valence-electron chi connectivity index (χ2n) is 12.6. The maximum absolute atomic E-state index is 5.41. The third-order valence-corrected chi connectivity index (χ3v) is 9.71. The van der Waals surface area contributed by atoms with Gasteiger partial charge in [-0.15, -0.1) is 0 Å². The molecule has 1 fully saturated rings. The molecule has 4 aliphatic heterocycles. The normalized spacial score (nSPS) is 23.4. The predicted octanol–water partition coefficient (Wildman–Crippen LogP) is -1.60. The van der Waals surface area contributed by atoms with Gasteiger partial charge in [0.15, 0.2) is 0 Å². The van der Waals surface area contributed by atoms with Gasteiger partial charge in [-0.25, -0.2) is 9.98 Å². The molecule has 1 aromatic heterocycles. The Balaban J connectivity index is 0.00000131. The van der Waals surface area contributed by atoms with E-state index < -0.39 is 0 Å². The monoisotopic (exact) mass is 779 g/mol. The minimum absolute atomic E-state index is 0. The molecule has 8 heteroatoms. The van der Waals surface area contributed by atoms with Gasteiger partial charge in [0.2, 0.25) is 0 Å². The van der Waals surface area contributed by atoms with Crippen LogP contribution in [0.3, 0.4) is 0 Å². The van der Waals surface area contributed by atoms with Crippen LogP contribution in [0.5, 0.6) is 0 Å². The van der Waals surface area contributed by atoms with E-state index in [0.717, 1.165) is 68.6 Å². The van der Waals surface area contributed by atoms with Crippen molar-refractivity contribution < 1.29 is 54.3 Å². The molecule has 4 aromatic carbocycles. The first-order valence-corrected chi connectivity index (χ1v) is 16.7. The Morgan fingerprint density at radius 1 is 0.423 bits per heavy atom. The molecule has 8 bridgehead atoms. The van der Waals surface area contributed by atoms with Crippen molar-refractivity contribution in [2.24, 2.45) is 9.98 Å². The average molecular weight is 781 g/mol. The van der Waals surface area contributed by atoms with E-state index in [-0.39, 0.29) is 66.4 Å². The van der Waals surface area contributed by atoms with E-state index >= 15 is 0 Å². The fraction of sp³-hybridized carbons (Fsp3) is 0.0909. The second-order valence-corrected chi connectivity index (χ2v) is 12.6. The van der Waals surface area contributed by atoms with E-state index in [9.17, 15) is 0 Å². The van der Waals surface area contributed by atoms with Crippen molar-refractivity contribution in [3.63, 3.8) is 0 Å². The van der Waals surface area contributed by atoms with Crippen LogP contribution in [0.2, 0.25) is 0 Å². The zero-order valence-electron chi connectivity index (χ0n) is 28.0. The number of nitrogens with zero attached hydrogens (tertiary/aromatic N) is 2. The number of hydrogen-bond acceptors (Lipinski definition) is 3. The van der Waals surface area contributed by atoms with E-state index in [0.29, 0.717) is 0 Å². The zero-order chi connectivity index (χ0) is 31.9. The van der Waals surface area contributed by atoms with Crippen LogP contribution in [0.15, 0.2) is 179 Å². The number of aromatic nitrogens is 1. The van der Waals surface area contributed by atoms with Gasteiger partial charge >= 0.3 is 17.1 Å². The van der Waals surface area contributed by atoms with E-state index in [1.165, 1.54) is 22.3 Å². The number of H-pyrrole nitrogens is 1. The third-order valence-electron chi connectivity index (χ3n) is 9.71. The van der Waals surface area contributed by atoms with Gasteiger partial charge in [-0.2, -0.15) is 0 Å². The van der Waals surface area contributed by atoms with E-state index in [1.54, 1.807) is 0 Å². The summed E-state index contributed by atoms with van der Waals surface area (Å²) < 4.78 is 0. The van der Waals surface area contributed by atoms with Gasteiger partial charge in [0, 0.05) is 45.1 Å². The van der Waals surface area contributed by atoms with Crippen molar-refractivity contribution >= 4 is 33.7 Å². The summed E-state index contributed by atoms with van der Waals surface area (Å²) in [4.78, 5) is 14.7. The van der Waals surface area contributed by atoms with Crippen LogP contribution in [0.4, 0.5) is 0 Å². The Kier molecular flexibility index (Phi) is 12.6. The largest absolute Gasteiger partial charge is 3.00 e. The molecule has 2 N–H and O–H groups in total. The molecular formula is C44H34Cl3FeN4. The quantitative estimate of drug-likeness (QED) is 0.213. The first-order valence-electron chi connectivity index (χ1n) is 16.7. The molecule has 4 aliphatic rings. The molecule has 0 saturated carbocycles. The zero-order valence-corrected chi connectivity index (χ0v) is 31.3. The summed E-state index contributed by atoms with van der Waals surface area (Å²) in [7, 11) is 0. The van der Waals surface area contributed by atoms with Crippen molar-refractivity contribution in [1.29, 1.82) is 0 Å². The number of fused-ring (bicyclic) bond motifs is 6. The Bertz CT molecular complexity index is 2190. The molecule has 5 aromatic rings. The molecule has 0 spiro atoms. The van der Waals surface area contributed by atoms with Gasteiger partial charge in [0.1, 0.15) is 0 Å². The molecule has 0 amide bonds. The summed E-state index contributed by atoms with van der Waals surface area (Å²) >= 11 is 0. The number of allylic oxidation sites excluding steroid dienone is 4. The van der Waals surface area contributed by atoms with Gasteiger partial charge in [0.25, 0.3) is 0 Å². The molecule has 1 saturated heterocycles. The first kappa shape index (κ1) is 38.8. The molecule has 4 nitrogen and oxygen atoms in total. The van der Waals surface area contributed by atoms with Crippen LogP contribution >= 0.6 is 0 Å². The summed E-state index contributed by atoms with van der Waals surface area (Å²) in [6.45, 7) is 0. The molecular weight excluding hydrogens is 747 g/mol. The maximum Gasteiger partial charge on any atom is 3.00 e. The molecule has 2 atom stereocenters. The number of rotatable bonds is 4. The Morgan fingerprint density at radius 2 is 0.769 bits per heavy atom. The smallest absolute Gasteiger partial charge is 1.00 e. The molecule has 5 heterocycles. The van der Waals surface area contributed by atoms with E-state index in [2.05, 4.69) is 168 Å². The fourth-order valence-corrected chi connectivity index (χ4v) is 7.57. The van der Waals surface area contributed by atoms with Gasteiger partial charge < -0.3 is 47.5 Å². The Morgan fingerprint density at radius 3 is 1.13 bits per heavy atom. The number of nitrogens with one attached hydrogen (secondary N) is 2. The molecule has 259 valence electrons. The third kappa shape index (κ3) is 7.26. The van der Waals surface area contributed by atoms with Crippen LogP contribution in [0, 0.1) is 0 Å². The van der Waals surface area contributed by atoms with Crippen molar-refractivity contribution in [3.8, 4) is 0 Å². The average Bonchev–Trinajstić information content (AvgIpc) is 3.98. The van der Waals surface area contributed by atoms with Crippen LogP contribution in [-0.4, -0.2) is 28.5 Å². The number of halogens is 3. The molecule has 1 radical (unpaired) electrons. The van der Waals surface area contributed by atoms with Gasteiger partial charge in [-0.3, -0.25) is 0 Å². The van der Waals surface area contributed by atoms with Crippen molar-refractivity contribution in [2.45, 2.75) is 24.9 Å². The van der Waals surface area contributed by atoms with Crippen molar-refractivity contribution in [2.75, 3.05) is 0 Å². The van der Waals surface area contributed by atoms with E-state index in [1.807, 2.05) is 0 Å². The van der Waals surface area contributed by atoms with Gasteiger partial charge in [-0.1, -0.05) is 121 Å². The maximum atomic E-state index is 5.41.